The number of aromatic nitrogens is 2. The molecule has 1 N–H and O–H groups in total. The first-order chi connectivity index (χ1) is 7.63. The predicted molar refractivity (Wildman–Crippen MR) is 57.2 cm³/mol. The summed E-state index contributed by atoms with van der Waals surface area (Å²) in [6.07, 6.45) is 3.61. The summed E-state index contributed by atoms with van der Waals surface area (Å²) in [4.78, 5) is 11.7. The lowest BCUT2D eigenvalue weighted by Gasteiger charge is -2.10. The van der Waals surface area contributed by atoms with Crippen LogP contribution in [0.5, 0.6) is 0 Å². The third kappa shape index (κ3) is 1.71. The minimum absolute atomic E-state index is 0.0606. The Morgan fingerprint density at radius 2 is 2.38 bits per heavy atom. The van der Waals surface area contributed by atoms with Crippen molar-refractivity contribution >= 4 is 5.97 Å². The zero-order valence-electron chi connectivity index (χ0n) is 9.56. The Balaban J connectivity index is 2.34. The van der Waals surface area contributed by atoms with Crippen LogP contribution in [-0.4, -0.2) is 34.1 Å². The predicted octanol–water partition coefficient (Wildman–Crippen LogP) is 0.621. The Hall–Kier alpha value is -1.36. The van der Waals surface area contributed by atoms with Crippen LogP contribution in [0.2, 0.25) is 0 Å². The molecule has 5 heteroatoms. The van der Waals surface area contributed by atoms with Crippen LogP contribution in [0.1, 0.15) is 35.8 Å². The maximum atomic E-state index is 11.7. The molecule has 1 aliphatic rings. The average molecular weight is 224 g/mol. The van der Waals surface area contributed by atoms with Crippen LogP contribution in [0.25, 0.3) is 0 Å². The van der Waals surface area contributed by atoms with Gasteiger partial charge in [-0.15, -0.1) is 0 Å². The van der Waals surface area contributed by atoms with E-state index in [1.165, 1.54) is 0 Å². The number of aryl methyl sites for hydroxylation is 1. The van der Waals surface area contributed by atoms with Crippen molar-refractivity contribution in [1.82, 2.24) is 9.78 Å². The number of nitrogens with zero attached hydrogens (tertiary/aromatic N) is 2. The first kappa shape index (κ1) is 11.1. The number of carbonyl (C=O) groups is 1. The number of hydrogen-bond donors (Lipinski definition) is 1. The highest BCUT2D eigenvalue weighted by Gasteiger charge is 2.47. The molecule has 0 bridgehead atoms. The van der Waals surface area contributed by atoms with Gasteiger partial charge in [-0.25, -0.2) is 4.79 Å². The highest BCUT2D eigenvalue weighted by molar-refractivity contribution is 5.89. The average Bonchev–Trinajstić information content (AvgIpc) is 2.96. The van der Waals surface area contributed by atoms with Gasteiger partial charge in [-0.05, 0) is 19.8 Å². The number of carbonyl (C=O) groups excluding carboxylic acids is 1. The Bertz CT molecular complexity index is 407. The first-order valence-electron chi connectivity index (χ1n) is 5.45. The molecule has 0 unspecified atom stereocenters. The minimum atomic E-state index is -0.405. The van der Waals surface area contributed by atoms with E-state index in [0.29, 0.717) is 12.3 Å². The van der Waals surface area contributed by atoms with Crippen LogP contribution in [0.15, 0.2) is 6.20 Å². The summed E-state index contributed by atoms with van der Waals surface area (Å²) in [7, 11) is 1.76. The molecule has 16 heavy (non-hydrogen) atoms. The number of hydrogen-bond acceptors (Lipinski definition) is 4. The van der Waals surface area contributed by atoms with E-state index in [9.17, 15) is 9.90 Å². The van der Waals surface area contributed by atoms with Crippen LogP contribution < -0.4 is 0 Å². The molecular formula is C11H16N2O3. The van der Waals surface area contributed by atoms with E-state index >= 15 is 0 Å². The van der Waals surface area contributed by atoms with Crippen molar-refractivity contribution in [2.45, 2.75) is 25.2 Å². The summed E-state index contributed by atoms with van der Waals surface area (Å²) < 4.78 is 6.55. The molecule has 0 atom stereocenters. The van der Waals surface area contributed by atoms with Crippen LogP contribution in [0.3, 0.4) is 0 Å². The molecule has 1 fully saturated rings. The normalized spacial score (nSPS) is 17.2. The van der Waals surface area contributed by atoms with Gasteiger partial charge in [-0.1, -0.05) is 0 Å². The van der Waals surface area contributed by atoms with Crippen LogP contribution in [-0.2, 0) is 17.2 Å². The van der Waals surface area contributed by atoms with E-state index in [-0.39, 0.29) is 12.0 Å². The first-order valence-corrected chi connectivity index (χ1v) is 5.45. The molecule has 0 saturated heterocycles. The van der Waals surface area contributed by atoms with E-state index in [1.54, 1.807) is 24.9 Å². The minimum Gasteiger partial charge on any atom is -0.461 e. The van der Waals surface area contributed by atoms with Gasteiger partial charge in [0.1, 0.15) is 0 Å². The quantitative estimate of drug-likeness (QED) is 0.761. The molecule has 0 amide bonds. The lowest BCUT2D eigenvalue weighted by Crippen LogP contribution is -2.17. The molecule has 0 spiro atoms. The van der Waals surface area contributed by atoms with Crippen molar-refractivity contribution in [2.75, 3.05) is 13.2 Å². The number of aliphatic hydroxyl groups is 1. The second-order valence-corrected chi connectivity index (χ2v) is 4.22. The maximum Gasteiger partial charge on any atom is 0.359 e. The van der Waals surface area contributed by atoms with Gasteiger partial charge in [0.25, 0.3) is 0 Å². The third-order valence-corrected chi connectivity index (χ3v) is 3.03. The van der Waals surface area contributed by atoms with Gasteiger partial charge in [0.05, 0.1) is 13.2 Å². The Morgan fingerprint density at radius 3 is 2.88 bits per heavy atom. The standard InChI is InChI=1S/C11H16N2O3/c1-3-16-10(15)9-8(6-13(2)12-9)11(7-14)4-5-11/h6,14H,3-5,7H2,1-2H3. The molecule has 1 saturated carbocycles. The van der Waals surface area contributed by atoms with Crippen molar-refractivity contribution in [1.29, 1.82) is 0 Å². The number of esters is 1. The summed E-state index contributed by atoms with van der Waals surface area (Å²) in [5, 5.41) is 13.5. The van der Waals surface area contributed by atoms with Crippen molar-refractivity contribution < 1.29 is 14.6 Å². The lowest BCUT2D eigenvalue weighted by molar-refractivity contribution is 0.0516. The van der Waals surface area contributed by atoms with Gasteiger partial charge < -0.3 is 9.84 Å². The van der Waals surface area contributed by atoms with Crippen molar-refractivity contribution in [3.05, 3.63) is 17.5 Å². The summed E-state index contributed by atoms with van der Waals surface area (Å²) in [6.45, 7) is 2.16. The number of aliphatic hydroxyl groups excluding tert-OH is 1. The number of ether oxygens (including phenoxy) is 1. The molecule has 1 heterocycles. The summed E-state index contributed by atoms with van der Waals surface area (Å²) in [6, 6.07) is 0. The van der Waals surface area contributed by atoms with Gasteiger partial charge in [-0.3, -0.25) is 4.68 Å². The molecule has 0 radical (unpaired) electrons. The lowest BCUT2D eigenvalue weighted by atomic mass is 9.97. The van der Waals surface area contributed by atoms with Crippen molar-refractivity contribution in [3.8, 4) is 0 Å². The fraction of sp³-hybridized carbons (Fsp3) is 0.636. The molecule has 0 aromatic carbocycles. The Morgan fingerprint density at radius 1 is 1.69 bits per heavy atom. The second kappa shape index (κ2) is 3.90. The SMILES string of the molecule is CCOC(=O)c1nn(C)cc1C1(CO)CC1. The zero-order valence-corrected chi connectivity index (χ0v) is 9.56. The third-order valence-electron chi connectivity index (χ3n) is 3.03. The van der Waals surface area contributed by atoms with E-state index in [2.05, 4.69) is 5.10 Å². The summed E-state index contributed by atoms with van der Waals surface area (Å²) >= 11 is 0. The highest BCUT2D eigenvalue weighted by atomic mass is 16.5. The largest absolute Gasteiger partial charge is 0.461 e. The van der Waals surface area contributed by atoms with E-state index in [0.717, 1.165) is 18.4 Å². The second-order valence-electron chi connectivity index (χ2n) is 4.22. The molecule has 2 rings (SSSR count). The summed E-state index contributed by atoms with van der Waals surface area (Å²) in [5.74, 6) is -0.405. The van der Waals surface area contributed by atoms with Gasteiger partial charge in [0, 0.05) is 24.2 Å². The van der Waals surface area contributed by atoms with Crippen LogP contribution in [0, 0.1) is 0 Å². The topological polar surface area (TPSA) is 64.3 Å². The zero-order chi connectivity index (χ0) is 11.8. The van der Waals surface area contributed by atoms with E-state index in [1.807, 2.05) is 0 Å². The van der Waals surface area contributed by atoms with Crippen molar-refractivity contribution in [2.24, 2.45) is 7.05 Å². The maximum absolute atomic E-state index is 11.7. The smallest absolute Gasteiger partial charge is 0.359 e. The van der Waals surface area contributed by atoms with E-state index < -0.39 is 5.97 Å². The molecule has 1 aromatic rings. The fourth-order valence-corrected chi connectivity index (χ4v) is 1.89. The monoisotopic (exact) mass is 224 g/mol. The molecule has 1 aromatic heterocycles. The van der Waals surface area contributed by atoms with Gasteiger partial charge in [0.15, 0.2) is 5.69 Å². The Kier molecular flexibility index (Phi) is 2.71. The van der Waals surface area contributed by atoms with Crippen molar-refractivity contribution in [3.63, 3.8) is 0 Å². The fourth-order valence-electron chi connectivity index (χ4n) is 1.89. The molecular weight excluding hydrogens is 208 g/mol. The van der Waals surface area contributed by atoms with E-state index in [4.69, 9.17) is 4.74 Å². The Labute approximate surface area is 94.0 Å². The van der Waals surface area contributed by atoms with Gasteiger partial charge in [0.2, 0.25) is 0 Å². The molecule has 88 valence electrons. The molecule has 5 nitrogen and oxygen atoms in total. The molecule has 0 aliphatic heterocycles. The molecule has 1 aliphatic carbocycles. The highest BCUT2D eigenvalue weighted by Crippen LogP contribution is 2.48. The van der Waals surface area contributed by atoms with Gasteiger partial charge >= 0.3 is 5.97 Å². The summed E-state index contributed by atoms with van der Waals surface area (Å²) in [5.41, 5.74) is 0.906. The van der Waals surface area contributed by atoms with Crippen LogP contribution in [0.4, 0.5) is 0 Å². The number of rotatable bonds is 4. The van der Waals surface area contributed by atoms with Crippen LogP contribution >= 0.6 is 0 Å². The van der Waals surface area contributed by atoms with Gasteiger partial charge in [-0.2, -0.15) is 5.10 Å².